The SMILES string of the molecule is CCCN(Cc1nc(C(=O)OC)cs1)C(=O)c1cc(C(F)(F)F)cc(C(F)(F)F)c1. The van der Waals surface area contributed by atoms with E-state index >= 15 is 0 Å². The van der Waals surface area contributed by atoms with E-state index in [9.17, 15) is 35.9 Å². The highest BCUT2D eigenvalue weighted by atomic mass is 32.1. The summed E-state index contributed by atoms with van der Waals surface area (Å²) in [5.74, 6) is -1.72. The topological polar surface area (TPSA) is 59.5 Å². The molecule has 1 amide bonds. The Morgan fingerprint density at radius 3 is 2.10 bits per heavy atom. The van der Waals surface area contributed by atoms with E-state index in [4.69, 9.17) is 0 Å². The van der Waals surface area contributed by atoms with E-state index in [1.807, 2.05) is 0 Å². The molecule has 0 radical (unpaired) electrons. The first-order valence-corrected chi connectivity index (χ1v) is 9.36. The second-order valence-corrected chi connectivity index (χ2v) is 7.08. The van der Waals surface area contributed by atoms with Gasteiger partial charge in [-0.1, -0.05) is 6.92 Å². The van der Waals surface area contributed by atoms with Crippen LogP contribution in [0.25, 0.3) is 0 Å². The van der Waals surface area contributed by atoms with Gasteiger partial charge in [-0.2, -0.15) is 26.3 Å². The molecule has 0 atom stereocenters. The highest BCUT2D eigenvalue weighted by molar-refractivity contribution is 7.09. The summed E-state index contributed by atoms with van der Waals surface area (Å²) in [7, 11) is 1.15. The van der Waals surface area contributed by atoms with Crippen LogP contribution in [0.4, 0.5) is 26.3 Å². The molecule has 30 heavy (non-hydrogen) atoms. The number of ether oxygens (including phenoxy) is 1. The Hall–Kier alpha value is -2.63. The minimum Gasteiger partial charge on any atom is -0.464 e. The number of hydrogen-bond acceptors (Lipinski definition) is 5. The minimum atomic E-state index is -5.06. The smallest absolute Gasteiger partial charge is 0.416 e. The molecule has 1 aromatic carbocycles. The number of thiazole rings is 1. The maximum absolute atomic E-state index is 13.1. The molecule has 0 saturated carbocycles. The molecule has 0 aliphatic carbocycles. The van der Waals surface area contributed by atoms with Gasteiger partial charge < -0.3 is 9.64 Å². The Bertz CT molecular complexity index is 891. The van der Waals surface area contributed by atoms with E-state index in [1.54, 1.807) is 6.92 Å². The first kappa shape index (κ1) is 23.6. The van der Waals surface area contributed by atoms with Gasteiger partial charge in [0.1, 0.15) is 5.01 Å². The van der Waals surface area contributed by atoms with Crippen molar-refractivity contribution in [2.24, 2.45) is 0 Å². The van der Waals surface area contributed by atoms with E-state index < -0.39 is 40.9 Å². The normalized spacial score (nSPS) is 12.0. The number of esters is 1. The maximum Gasteiger partial charge on any atom is 0.416 e. The summed E-state index contributed by atoms with van der Waals surface area (Å²) in [6.07, 6.45) is -9.72. The van der Waals surface area contributed by atoms with Gasteiger partial charge in [0.25, 0.3) is 5.91 Å². The number of benzene rings is 1. The summed E-state index contributed by atoms with van der Waals surface area (Å²) >= 11 is 1.01. The Morgan fingerprint density at radius 1 is 1.07 bits per heavy atom. The largest absolute Gasteiger partial charge is 0.464 e. The summed E-state index contributed by atoms with van der Waals surface area (Å²) in [4.78, 5) is 29.3. The Kier molecular flexibility index (Phi) is 7.11. The van der Waals surface area contributed by atoms with E-state index in [0.717, 1.165) is 23.3 Å². The number of halogens is 6. The van der Waals surface area contributed by atoms with Crippen LogP contribution in [0, 0.1) is 0 Å². The van der Waals surface area contributed by atoms with E-state index in [-0.39, 0.29) is 29.9 Å². The molecular formula is C18H16F6N2O3S. The number of aromatic nitrogens is 1. The van der Waals surface area contributed by atoms with Crippen LogP contribution in [0.5, 0.6) is 0 Å². The number of rotatable bonds is 6. The average Bonchev–Trinajstić information content (AvgIpc) is 3.13. The molecule has 0 aliphatic rings. The highest BCUT2D eigenvalue weighted by Crippen LogP contribution is 2.36. The van der Waals surface area contributed by atoms with Crippen LogP contribution < -0.4 is 0 Å². The lowest BCUT2D eigenvalue weighted by Gasteiger charge is -2.22. The number of amides is 1. The highest BCUT2D eigenvalue weighted by Gasteiger charge is 2.38. The lowest BCUT2D eigenvalue weighted by Crippen LogP contribution is -2.32. The molecule has 12 heteroatoms. The molecule has 2 aromatic rings. The molecule has 0 spiro atoms. The Labute approximate surface area is 171 Å². The summed E-state index contributed by atoms with van der Waals surface area (Å²) in [5.41, 5.74) is -3.89. The lowest BCUT2D eigenvalue weighted by atomic mass is 10.0. The van der Waals surface area contributed by atoms with Crippen LogP contribution in [-0.2, 0) is 23.6 Å². The average molecular weight is 454 g/mol. The zero-order chi connectivity index (χ0) is 22.7. The van der Waals surface area contributed by atoms with Crippen LogP contribution in [0.2, 0.25) is 0 Å². The molecule has 1 aromatic heterocycles. The van der Waals surface area contributed by atoms with Crippen molar-refractivity contribution in [3.05, 3.63) is 51.0 Å². The van der Waals surface area contributed by atoms with Gasteiger partial charge in [0.05, 0.1) is 24.8 Å². The van der Waals surface area contributed by atoms with Crippen molar-refractivity contribution >= 4 is 23.2 Å². The third-order valence-electron chi connectivity index (χ3n) is 3.89. The van der Waals surface area contributed by atoms with Gasteiger partial charge >= 0.3 is 18.3 Å². The van der Waals surface area contributed by atoms with Gasteiger partial charge in [-0.05, 0) is 24.6 Å². The fourth-order valence-corrected chi connectivity index (χ4v) is 3.31. The summed E-state index contributed by atoms with van der Waals surface area (Å²) in [6, 6.07) is 0.744. The van der Waals surface area contributed by atoms with Crippen LogP contribution in [0.3, 0.4) is 0 Å². The summed E-state index contributed by atoms with van der Waals surface area (Å²) in [6.45, 7) is 1.56. The predicted molar refractivity (Wildman–Crippen MR) is 94.9 cm³/mol. The van der Waals surface area contributed by atoms with Crippen molar-refractivity contribution in [1.29, 1.82) is 0 Å². The third kappa shape index (κ3) is 5.71. The standard InChI is InChI=1S/C18H16F6N2O3S/c1-3-4-26(8-14-25-13(9-30-14)16(28)29-2)15(27)10-5-11(17(19,20)21)7-12(6-10)18(22,23)24/h5-7,9H,3-4,8H2,1-2H3. The van der Waals surface area contributed by atoms with Crippen molar-refractivity contribution < 1.29 is 40.7 Å². The lowest BCUT2D eigenvalue weighted by molar-refractivity contribution is -0.143. The van der Waals surface area contributed by atoms with Crippen LogP contribution in [-0.4, -0.2) is 35.4 Å². The summed E-state index contributed by atoms with van der Waals surface area (Å²) in [5, 5.41) is 1.65. The third-order valence-corrected chi connectivity index (χ3v) is 4.72. The first-order chi connectivity index (χ1) is 13.9. The molecule has 0 N–H and O–H groups in total. The first-order valence-electron chi connectivity index (χ1n) is 8.48. The van der Waals surface area contributed by atoms with Crippen molar-refractivity contribution in [3.63, 3.8) is 0 Å². The van der Waals surface area contributed by atoms with E-state index in [1.165, 1.54) is 5.38 Å². The molecule has 164 valence electrons. The number of alkyl halides is 6. The molecule has 0 saturated heterocycles. The zero-order valence-corrected chi connectivity index (χ0v) is 16.5. The minimum absolute atomic E-state index is 0.0141. The molecule has 2 rings (SSSR count). The Balaban J connectivity index is 2.41. The van der Waals surface area contributed by atoms with Gasteiger partial charge in [-0.3, -0.25) is 4.79 Å². The molecule has 0 unspecified atom stereocenters. The van der Waals surface area contributed by atoms with Crippen molar-refractivity contribution in [2.45, 2.75) is 32.2 Å². The molecule has 0 bridgehead atoms. The van der Waals surface area contributed by atoms with Crippen LogP contribution in [0.1, 0.15) is 50.3 Å². The second-order valence-electron chi connectivity index (χ2n) is 6.14. The van der Waals surface area contributed by atoms with Crippen molar-refractivity contribution in [3.8, 4) is 0 Å². The predicted octanol–water partition coefficient (Wildman–Crippen LogP) is 5.02. The molecule has 0 fully saturated rings. The molecular weight excluding hydrogens is 438 g/mol. The number of methoxy groups -OCH3 is 1. The van der Waals surface area contributed by atoms with Crippen LogP contribution >= 0.6 is 11.3 Å². The van der Waals surface area contributed by atoms with Crippen molar-refractivity contribution in [1.82, 2.24) is 9.88 Å². The van der Waals surface area contributed by atoms with Crippen molar-refractivity contribution in [2.75, 3.05) is 13.7 Å². The monoisotopic (exact) mass is 454 g/mol. The fraction of sp³-hybridized carbons (Fsp3) is 0.389. The summed E-state index contributed by atoms with van der Waals surface area (Å²) < 4.78 is 82.9. The quantitative estimate of drug-likeness (QED) is 0.454. The van der Waals surface area contributed by atoms with Gasteiger partial charge in [0, 0.05) is 17.5 Å². The van der Waals surface area contributed by atoms with Gasteiger partial charge in [0.2, 0.25) is 0 Å². The number of hydrogen-bond donors (Lipinski definition) is 0. The molecule has 0 aliphatic heterocycles. The zero-order valence-electron chi connectivity index (χ0n) is 15.7. The van der Waals surface area contributed by atoms with Gasteiger partial charge in [-0.25, -0.2) is 9.78 Å². The second kappa shape index (κ2) is 9.02. The van der Waals surface area contributed by atoms with E-state index in [0.29, 0.717) is 18.6 Å². The fourth-order valence-electron chi connectivity index (χ4n) is 2.53. The Morgan fingerprint density at radius 2 is 1.63 bits per heavy atom. The molecule has 5 nitrogen and oxygen atoms in total. The van der Waals surface area contributed by atoms with Crippen LogP contribution in [0.15, 0.2) is 23.6 Å². The van der Waals surface area contributed by atoms with Gasteiger partial charge in [-0.15, -0.1) is 11.3 Å². The van der Waals surface area contributed by atoms with Gasteiger partial charge in [0.15, 0.2) is 5.69 Å². The molecule has 1 heterocycles. The number of nitrogens with zero attached hydrogens (tertiary/aromatic N) is 2. The number of carbonyl (C=O) groups excluding carboxylic acids is 2. The number of carbonyl (C=O) groups is 2. The maximum atomic E-state index is 13.1. The van der Waals surface area contributed by atoms with E-state index in [2.05, 4.69) is 9.72 Å².